The summed E-state index contributed by atoms with van der Waals surface area (Å²) >= 11 is 0. The first-order valence-corrected chi connectivity index (χ1v) is 12.8. The van der Waals surface area contributed by atoms with E-state index in [2.05, 4.69) is 36.0 Å². The monoisotopic (exact) mass is 574 g/mol. The van der Waals surface area contributed by atoms with E-state index in [4.69, 9.17) is 9.47 Å². The van der Waals surface area contributed by atoms with Crippen molar-refractivity contribution in [3.63, 3.8) is 0 Å². The van der Waals surface area contributed by atoms with Crippen LogP contribution in [0.25, 0.3) is 0 Å². The SMILES string of the molecule is CN=C(NCC1CCCOC1C(C)(C)C)N1CCN(S(=O)(=O)CCOC(C)C)CC1.I. The molecule has 2 saturated heterocycles. The second-order valence-corrected chi connectivity index (χ2v) is 11.7. The molecule has 0 aromatic rings. The van der Waals surface area contributed by atoms with E-state index in [1.165, 1.54) is 0 Å². The van der Waals surface area contributed by atoms with Crippen molar-refractivity contribution >= 4 is 40.0 Å². The maximum atomic E-state index is 12.5. The van der Waals surface area contributed by atoms with Crippen molar-refractivity contribution in [2.45, 2.75) is 59.7 Å². The summed E-state index contributed by atoms with van der Waals surface area (Å²) in [6.45, 7) is 14.6. The van der Waals surface area contributed by atoms with Gasteiger partial charge in [0.2, 0.25) is 10.0 Å². The van der Waals surface area contributed by atoms with E-state index in [1.54, 1.807) is 11.4 Å². The maximum Gasteiger partial charge on any atom is 0.216 e. The molecule has 2 atom stereocenters. The Hall–Kier alpha value is -0.170. The quantitative estimate of drug-likeness (QED) is 0.286. The van der Waals surface area contributed by atoms with Crippen molar-refractivity contribution in [1.82, 2.24) is 14.5 Å². The van der Waals surface area contributed by atoms with Crippen LogP contribution in [0.1, 0.15) is 47.5 Å². The van der Waals surface area contributed by atoms with Crippen molar-refractivity contribution in [3.8, 4) is 0 Å². The van der Waals surface area contributed by atoms with Gasteiger partial charge in [-0.3, -0.25) is 4.99 Å². The summed E-state index contributed by atoms with van der Waals surface area (Å²) in [5.74, 6) is 1.32. The van der Waals surface area contributed by atoms with Crippen molar-refractivity contribution in [1.29, 1.82) is 0 Å². The minimum atomic E-state index is -3.28. The molecule has 31 heavy (non-hydrogen) atoms. The summed E-state index contributed by atoms with van der Waals surface area (Å²) in [5, 5.41) is 3.52. The summed E-state index contributed by atoms with van der Waals surface area (Å²) in [6, 6.07) is 0. The Morgan fingerprint density at radius 2 is 1.87 bits per heavy atom. The largest absolute Gasteiger partial charge is 0.378 e. The third-order valence-corrected chi connectivity index (χ3v) is 7.59. The van der Waals surface area contributed by atoms with Gasteiger partial charge in [-0.15, -0.1) is 24.0 Å². The first kappa shape index (κ1) is 28.9. The number of ether oxygens (including phenoxy) is 2. The van der Waals surface area contributed by atoms with Gasteiger partial charge in [-0.05, 0) is 32.1 Å². The normalized spacial score (nSPS) is 24.2. The molecule has 0 aliphatic carbocycles. The number of halogens is 1. The van der Waals surface area contributed by atoms with Crippen LogP contribution in [-0.4, -0.2) is 94.5 Å². The van der Waals surface area contributed by atoms with Crippen LogP contribution in [0.3, 0.4) is 0 Å². The molecular weight excluding hydrogens is 531 g/mol. The van der Waals surface area contributed by atoms with Crippen molar-refractivity contribution in [2.24, 2.45) is 16.3 Å². The zero-order valence-electron chi connectivity index (χ0n) is 20.1. The molecule has 2 fully saturated rings. The van der Waals surface area contributed by atoms with E-state index in [0.717, 1.165) is 32.0 Å². The Labute approximate surface area is 206 Å². The molecule has 2 rings (SSSR count). The standard InChI is InChI=1S/C21H42N4O4S.HI/c1-17(2)28-14-15-30(26,27)25-11-9-24(10-12-25)20(22-6)23-16-18-8-7-13-29-19(18)21(3,4)5;/h17-19H,7-16H2,1-6H3,(H,22,23);1H. The summed E-state index contributed by atoms with van der Waals surface area (Å²) in [5.41, 5.74) is 0.107. The molecule has 2 unspecified atom stereocenters. The van der Waals surface area contributed by atoms with Crippen LogP contribution in [0, 0.1) is 11.3 Å². The van der Waals surface area contributed by atoms with Gasteiger partial charge in [0.15, 0.2) is 5.96 Å². The first-order valence-electron chi connectivity index (χ1n) is 11.2. The van der Waals surface area contributed by atoms with Crippen LogP contribution in [-0.2, 0) is 19.5 Å². The number of nitrogens with one attached hydrogen (secondary N) is 1. The smallest absolute Gasteiger partial charge is 0.216 e. The Kier molecular flexibility index (Phi) is 12.0. The number of guanidine groups is 1. The summed E-state index contributed by atoms with van der Waals surface area (Å²) < 4.78 is 38.2. The van der Waals surface area contributed by atoms with E-state index in [0.29, 0.717) is 32.1 Å². The number of aliphatic imine (C=N–C) groups is 1. The third-order valence-electron chi connectivity index (χ3n) is 5.76. The zero-order chi connectivity index (χ0) is 22.4. The first-order chi connectivity index (χ1) is 14.0. The number of nitrogens with zero attached hydrogens (tertiary/aromatic N) is 3. The molecule has 0 aromatic carbocycles. The van der Waals surface area contributed by atoms with Crippen molar-refractivity contribution < 1.29 is 17.9 Å². The lowest BCUT2D eigenvalue weighted by molar-refractivity contribution is -0.0836. The number of sulfonamides is 1. The van der Waals surface area contributed by atoms with Crippen molar-refractivity contribution in [2.75, 3.05) is 58.7 Å². The fourth-order valence-corrected chi connectivity index (χ4v) is 5.55. The summed E-state index contributed by atoms with van der Waals surface area (Å²) in [6.07, 6.45) is 2.51. The number of rotatable bonds is 7. The molecule has 10 heteroatoms. The fourth-order valence-electron chi connectivity index (χ4n) is 4.26. The molecule has 2 aliphatic rings. The maximum absolute atomic E-state index is 12.5. The lowest BCUT2D eigenvalue weighted by atomic mass is 9.78. The Bertz CT molecular complexity index is 659. The Balaban J connectivity index is 0.00000480. The highest BCUT2D eigenvalue weighted by Gasteiger charge is 2.35. The lowest BCUT2D eigenvalue weighted by Crippen LogP contribution is -2.55. The molecular formula is C21H43IN4O4S. The number of hydrogen-bond acceptors (Lipinski definition) is 5. The van der Waals surface area contributed by atoms with E-state index in [-0.39, 0.29) is 54.0 Å². The second-order valence-electron chi connectivity index (χ2n) is 9.61. The van der Waals surface area contributed by atoms with Gasteiger partial charge in [0, 0.05) is 52.3 Å². The van der Waals surface area contributed by atoms with Gasteiger partial charge in [-0.2, -0.15) is 4.31 Å². The van der Waals surface area contributed by atoms with E-state index >= 15 is 0 Å². The van der Waals surface area contributed by atoms with E-state index in [1.807, 2.05) is 13.8 Å². The zero-order valence-corrected chi connectivity index (χ0v) is 23.2. The molecule has 2 heterocycles. The highest BCUT2D eigenvalue weighted by Crippen LogP contribution is 2.33. The second kappa shape index (κ2) is 12.9. The predicted molar refractivity (Wildman–Crippen MR) is 137 cm³/mol. The van der Waals surface area contributed by atoms with Crippen LogP contribution < -0.4 is 5.32 Å². The minimum absolute atomic E-state index is 0. The van der Waals surface area contributed by atoms with Crippen molar-refractivity contribution in [3.05, 3.63) is 0 Å². The Morgan fingerprint density at radius 1 is 1.23 bits per heavy atom. The van der Waals surface area contributed by atoms with Gasteiger partial charge >= 0.3 is 0 Å². The molecule has 0 amide bonds. The van der Waals surface area contributed by atoms with Crippen LogP contribution in [0.2, 0.25) is 0 Å². The van der Waals surface area contributed by atoms with Gasteiger partial charge in [-0.1, -0.05) is 20.8 Å². The lowest BCUT2D eigenvalue weighted by Gasteiger charge is -2.41. The fraction of sp³-hybridized carbons (Fsp3) is 0.952. The minimum Gasteiger partial charge on any atom is -0.378 e. The average molecular weight is 575 g/mol. The van der Waals surface area contributed by atoms with Gasteiger partial charge in [-0.25, -0.2) is 8.42 Å². The van der Waals surface area contributed by atoms with E-state index < -0.39 is 10.0 Å². The van der Waals surface area contributed by atoms with Gasteiger partial charge < -0.3 is 19.7 Å². The van der Waals surface area contributed by atoms with Gasteiger partial charge in [0.25, 0.3) is 0 Å². The van der Waals surface area contributed by atoms with E-state index in [9.17, 15) is 8.42 Å². The molecule has 0 aromatic heterocycles. The molecule has 1 N–H and O–H groups in total. The molecule has 2 aliphatic heterocycles. The highest BCUT2D eigenvalue weighted by atomic mass is 127. The molecule has 8 nitrogen and oxygen atoms in total. The Morgan fingerprint density at radius 3 is 2.42 bits per heavy atom. The molecule has 0 bridgehead atoms. The highest BCUT2D eigenvalue weighted by molar-refractivity contribution is 14.0. The van der Waals surface area contributed by atoms with Crippen LogP contribution >= 0.6 is 24.0 Å². The van der Waals surface area contributed by atoms with Gasteiger partial charge in [0.1, 0.15) is 0 Å². The average Bonchev–Trinajstić information content (AvgIpc) is 2.68. The van der Waals surface area contributed by atoms with Crippen LogP contribution in [0.15, 0.2) is 4.99 Å². The predicted octanol–water partition coefficient (Wildman–Crippen LogP) is 2.39. The summed E-state index contributed by atoms with van der Waals surface area (Å²) in [7, 11) is -1.50. The summed E-state index contributed by atoms with van der Waals surface area (Å²) in [4.78, 5) is 6.59. The molecule has 184 valence electrons. The van der Waals surface area contributed by atoms with Gasteiger partial charge in [0.05, 0.1) is 24.6 Å². The topological polar surface area (TPSA) is 83.5 Å². The van der Waals surface area contributed by atoms with Crippen LogP contribution in [0.4, 0.5) is 0 Å². The third kappa shape index (κ3) is 8.94. The number of hydrogen-bond donors (Lipinski definition) is 1. The number of piperazine rings is 1. The molecule has 0 saturated carbocycles. The molecule has 0 spiro atoms. The molecule has 0 radical (unpaired) electrons. The van der Waals surface area contributed by atoms with Crippen LogP contribution in [0.5, 0.6) is 0 Å².